The number of nitrogens with two attached hydrogens (primary N) is 13. The number of amides is 6. The van der Waals surface area contributed by atoms with Crippen molar-refractivity contribution in [2.45, 2.75) is 132 Å². The molecule has 0 aromatic rings. The molecule has 6 amide bonds. The summed E-state index contributed by atoms with van der Waals surface area (Å²) in [5.74, 6) is -9.71. The maximum atomic E-state index is 14.4. The van der Waals surface area contributed by atoms with Crippen LogP contribution in [0.25, 0.3) is 0 Å². The van der Waals surface area contributed by atoms with E-state index in [1.165, 1.54) is 0 Å². The topological polar surface area (TPSA) is 662 Å². The number of carboxylic acid groups (broad SMARTS) is 2. The van der Waals surface area contributed by atoms with Gasteiger partial charge in [0.05, 0.1) is 6.04 Å². The van der Waals surface area contributed by atoms with Crippen LogP contribution in [0.2, 0.25) is 0 Å². The first-order valence-electron chi connectivity index (χ1n) is 24.1. The first-order chi connectivity index (χ1) is 35.7. The molecule has 0 aromatic carbocycles. The number of rotatable bonds is 40. The fourth-order valence-electron chi connectivity index (χ4n) is 6.68. The van der Waals surface area contributed by atoms with E-state index < -0.39 is 103 Å². The summed E-state index contributed by atoms with van der Waals surface area (Å²) in [6.07, 6.45) is -0.873. The molecule has 0 saturated carbocycles. The molecule has 35 nitrogen and oxygen atoms in total. The Morgan fingerprint density at radius 2 is 0.526 bits per heavy atom. The van der Waals surface area contributed by atoms with Crippen LogP contribution in [0.1, 0.15) is 89.9 Å². The molecule has 0 radical (unpaired) electrons. The van der Waals surface area contributed by atoms with Crippen molar-refractivity contribution in [2.24, 2.45) is 104 Å². The van der Waals surface area contributed by atoms with Crippen LogP contribution in [0.5, 0.6) is 0 Å². The molecular formula is C41H81N25O10. The maximum Gasteiger partial charge on any atom is 0.326 e. The fourth-order valence-corrected chi connectivity index (χ4v) is 6.68. The van der Waals surface area contributed by atoms with E-state index in [0.29, 0.717) is 6.42 Å². The van der Waals surface area contributed by atoms with Crippen molar-refractivity contribution in [1.29, 1.82) is 0 Å². The molecule has 35 heteroatoms. The predicted octanol–water partition coefficient (Wildman–Crippen LogP) is -9.51. The van der Waals surface area contributed by atoms with Crippen LogP contribution in [-0.4, -0.2) is 175 Å². The summed E-state index contributed by atoms with van der Waals surface area (Å²) < 4.78 is 0. The van der Waals surface area contributed by atoms with Crippen molar-refractivity contribution in [3.8, 4) is 0 Å². The molecule has 0 saturated heterocycles. The zero-order valence-corrected chi connectivity index (χ0v) is 42.5. The standard InChI is InChI=1S/C41H81N25O10/c42-21(7-1-15-55-36(43)44)29(69)61-22(8-2-16-56-37(45)46)30(70)62-23(9-3-17-57-38(47)48)31(71)63-24(10-4-18-58-39(49)50)32(72)64-25(11-5-19-59-40(51)52)33(73)65-26(12-6-20-60-41(53)54)34(74)66-27(35(75)76)13-14-28(67)68/h21-27H,1-20,42H2,(H,61,69)(H,62,70)(H,63,71)(H,64,72)(H,65,73)(H,66,74)(H,67,68)(H,75,76)(H4,43,44,55)(H4,45,46,56)(H4,47,48,57)(H4,49,50,58)(H4,51,52,59)(H4,53,54,60)/t21-,22-,23-,24-,25-,26-,27+/m0/s1. The van der Waals surface area contributed by atoms with E-state index in [9.17, 15) is 43.5 Å². The number of carbonyl (C=O) groups is 8. The number of nitrogens with zero attached hydrogens (tertiary/aromatic N) is 6. The van der Waals surface area contributed by atoms with Gasteiger partial charge in [-0.15, -0.1) is 0 Å². The smallest absolute Gasteiger partial charge is 0.326 e. The van der Waals surface area contributed by atoms with Crippen molar-refractivity contribution in [3.63, 3.8) is 0 Å². The van der Waals surface area contributed by atoms with Gasteiger partial charge in [0.2, 0.25) is 35.4 Å². The summed E-state index contributed by atoms with van der Waals surface area (Å²) in [4.78, 5) is 130. The van der Waals surface area contributed by atoms with E-state index in [1.807, 2.05) is 0 Å². The lowest BCUT2D eigenvalue weighted by atomic mass is 10.0. The van der Waals surface area contributed by atoms with Gasteiger partial charge in [-0.25, -0.2) is 4.79 Å². The van der Waals surface area contributed by atoms with Crippen molar-refractivity contribution in [3.05, 3.63) is 0 Å². The number of nitrogens with one attached hydrogen (secondary N) is 6. The summed E-state index contributed by atoms with van der Waals surface area (Å²) in [7, 11) is 0. The van der Waals surface area contributed by atoms with E-state index in [0.717, 1.165) is 0 Å². The van der Waals surface area contributed by atoms with Crippen LogP contribution >= 0.6 is 0 Å². The lowest BCUT2D eigenvalue weighted by Crippen LogP contribution is -2.59. The highest BCUT2D eigenvalue weighted by molar-refractivity contribution is 5.97. The van der Waals surface area contributed by atoms with Gasteiger partial charge in [0.25, 0.3) is 0 Å². The highest BCUT2D eigenvalue weighted by Gasteiger charge is 2.34. The Morgan fingerprint density at radius 1 is 0.316 bits per heavy atom. The molecule has 0 heterocycles. The fraction of sp³-hybridized carbons (Fsp3) is 0.659. The molecule has 0 aliphatic heterocycles. The molecule has 430 valence electrons. The SMILES string of the molecule is NC(N)=NCCC[C@H](NC(=O)[C@H](CCCN=C(N)N)NC(=O)[C@H](CCCN=C(N)N)NC(=O)[C@@H](N)CCCN=C(N)N)C(=O)N[C@@H](CCCN=C(N)N)C(=O)N[C@@H](CCCN=C(N)N)C(=O)N[C@H](CCC(=O)O)C(=O)O. The molecule has 0 spiro atoms. The Kier molecular flexibility index (Phi) is 33.7. The number of carbonyl (C=O) groups excluding carboxylic acids is 6. The number of aliphatic carboxylic acids is 2. The van der Waals surface area contributed by atoms with Gasteiger partial charge in [0.15, 0.2) is 35.8 Å². The molecule has 0 fully saturated rings. The van der Waals surface area contributed by atoms with Gasteiger partial charge < -0.3 is 117 Å². The first kappa shape index (κ1) is 67.3. The zero-order valence-electron chi connectivity index (χ0n) is 42.5. The van der Waals surface area contributed by atoms with Gasteiger partial charge >= 0.3 is 11.9 Å². The van der Waals surface area contributed by atoms with Crippen LogP contribution in [0.4, 0.5) is 0 Å². The van der Waals surface area contributed by atoms with E-state index in [2.05, 4.69) is 61.9 Å². The van der Waals surface area contributed by atoms with E-state index in [1.54, 1.807) is 0 Å². The predicted molar refractivity (Wildman–Crippen MR) is 284 cm³/mol. The van der Waals surface area contributed by atoms with Crippen LogP contribution in [0.15, 0.2) is 30.0 Å². The number of hydrogen-bond donors (Lipinski definition) is 21. The minimum Gasteiger partial charge on any atom is -0.481 e. The number of hydrogen-bond acceptors (Lipinski definition) is 15. The molecule has 0 aliphatic rings. The Hall–Kier alpha value is -8.66. The summed E-state index contributed by atoms with van der Waals surface area (Å²) in [5, 5.41) is 34.0. The van der Waals surface area contributed by atoms with Crippen molar-refractivity contribution in [1.82, 2.24) is 31.9 Å². The maximum absolute atomic E-state index is 14.4. The van der Waals surface area contributed by atoms with E-state index in [-0.39, 0.29) is 146 Å². The van der Waals surface area contributed by atoms with E-state index >= 15 is 0 Å². The molecule has 34 N–H and O–H groups in total. The van der Waals surface area contributed by atoms with Gasteiger partial charge in [-0.05, 0) is 83.5 Å². The summed E-state index contributed by atoms with van der Waals surface area (Å²) in [6.45, 7) is 0.161. The quantitative estimate of drug-likeness (QED) is 0.0154. The van der Waals surface area contributed by atoms with Gasteiger partial charge in [-0.1, -0.05) is 0 Å². The lowest BCUT2D eigenvalue weighted by molar-refractivity contribution is -0.143. The van der Waals surface area contributed by atoms with E-state index in [4.69, 9.17) is 79.6 Å². The van der Waals surface area contributed by atoms with Crippen LogP contribution < -0.4 is 106 Å². The number of guanidine groups is 6. The minimum atomic E-state index is -1.67. The first-order valence-corrected chi connectivity index (χ1v) is 24.1. The van der Waals surface area contributed by atoms with Crippen molar-refractivity contribution in [2.75, 3.05) is 39.3 Å². The normalized spacial score (nSPS) is 13.3. The molecule has 0 aromatic heterocycles. The largest absolute Gasteiger partial charge is 0.481 e. The third-order valence-corrected chi connectivity index (χ3v) is 10.5. The summed E-state index contributed by atoms with van der Waals surface area (Å²) >= 11 is 0. The van der Waals surface area contributed by atoms with Crippen molar-refractivity contribution >= 4 is 83.1 Å². The summed E-state index contributed by atoms with van der Waals surface area (Å²) in [6, 6.07) is -9.97. The average molecular weight is 1080 g/mol. The van der Waals surface area contributed by atoms with Crippen molar-refractivity contribution < 1.29 is 48.6 Å². The Morgan fingerprint density at radius 3 is 0.737 bits per heavy atom. The second-order valence-corrected chi connectivity index (χ2v) is 16.9. The van der Waals surface area contributed by atoms with Crippen LogP contribution in [0.3, 0.4) is 0 Å². The monoisotopic (exact) mass is 1080 g/mol. The number of carboxylic acids is 2. The molecule has 0 rings (SSSR count). The Labute approximate surface area is 438 Å². The van der Waals surface area contributed by atoms with Gasteiger partial charge in [-0.3, -0.25) is 63.5 Å². The lowest BCUT2D eigenvalue weighted by Gasteiger charge is -2.28. The van der Waals surface area contributed by atoms with Gasteiger partial charge in [-0.2, -0.15) is 0 Å². The second kappa shape index (κ2) is 38.0. The summed E-state index contributed by atoms with van der Waals surface area (Å²) in [5.41, 5.74) is 71.6. The average Bonchev–Trinajstić information content (AvgIpc) is 3.32. The second-order valence-electron chi connectivity index (χ2n) is 16.9. The van der Waals surface area contributed by atoms with Crippen LogP contribution in [0, 0.1) is 0 Å². The highest BCUT2D eigenvalue weighted by Crippen LogP contribution is 2.10. The Balaban J connectivity index is 7.15. The highest BCUT2D eigenvalue weighted by atomic mass is 16.4. The minimum absolute atomic E-state index is 0.00104. The molecule has 76 heavy (non-hydrogen) atoms. The number of aliphatic imine (C=N–C) groups is 6. The third-order valence-electron chi connectivity index (χ3n) is 10.5. The third kappa shape index (κ3) is 33.1. The van der Waals surface area contributed by atoms with Crippen LogP contribution in [-0.2, 0) is 38.4 Å². The van der Waals surface area contributed by atoms with Gasteiger partial charge in [0.1, 0.15) is 36.3 Å². The molecule has 0 unspecified atom stereocenters. The molecular weight excluding hydrogens is 1000 g/mol. The molecule has 7 atom stereocenters. The Bertz CT molecular complexity index is 2060. The molecule has 0 bridgehead atoms. The molecule has 0 aliphatic carbocycles. The zero-order chi connectivity index (χ0) is 57.8. The van der Waals surface area contributed by atoms with Gasteiger partial charge in [0, 0.05) is 45.7 Å².